The molecule has 0 spiro atoms. The fourth-order valence-corrected chi connectivity index (χ4v) is 1.45. The molecule has 7 heteroatoms. The zero-order valence-electron chi connectivity index (χ0n) is 11.0. The van der Waals surface area contributed by atoms with Crippen LogP contribution >= 0.6 is 0 Å². The molecule has 0 bridgehead atoms. The third-order valence-electron chi connectivity index (χ3n) is 2.56. The lowest BCUT2D eigenvalue weighted by molar-refractivity contribution is -0.136. The summed E-state index contributed by atoms with van der Waals surface area (Å²) in [7, 11) is 0. The van der Waals surface area contributed by atoms with Gasteiger partial charge >= 0.3 is 11.8 Å². The highest BCUT2D eigenvalue weighted by molar-refractivity contribution is 6.39. The van der Waals surface area contributed by atoms with Crippen molar-refractivity contribution in [1.29, 1.82) is 0 Å². The number of anilines is 1. The van der Waals surface area contributed by atoms with Crippen molar-refractivity contribution >= 4 is 17.5 Å². The normalized spacial score (nSPS) is 11.8. The van der Waals surface area contributed by atoms with Crippen molar-refractivity contribution in [2.75, 3.05) is 11.9 Å². The van der Waals surface area contributed by atoms with Crippen LogP contribution in [0.25, 0.3) is 0 Å². The summed E-state index contributed by atoms with van der Waals surface area (Å²) in [4.78, 5) is 22.8. The second-order valence-corrected chi connectivity index (χ2v) is 4.22. The summed E-state index contributed by atoms with van der Waals surface area (Å²) >= 11 is 0. The first kappa shape index (κ1) is 16.0. The number of amides is 2. The van der Waals surface area contributed by atoms with E-state index in [-0.39, 0.29) is 12.2 Å². The number of rotatable bonds is 5. The highest BCUT2D eigenvalue weighted by atomic mass is 19.1. The molecule has 0 aliphatic rings. The van der Waals surface area contributed by atoms with E-state index in [1.165, 1.54) is 0 Å². The SMILES string of the molecule is CCC(O)CCNC(=O)C(=O)Nc1cc(F)cc(F)c1. The topological polar surface area (TPSA) is 78.4 Å². The Bertz CT molecular complexity index is 474. The lowest BCUT2D eigenvalue weighted by Gasteiger charge is -2.09. The Labute approximate surface area is 115 Å². The zero-order valence-corrected chi connectivity index (χ0v) is 11.0. The Morgan fingerprint density at radius 3 is 2.35 bits per heavy atom. The van der Waals surface area contributed by atoms with Crippen LogP contribution in [0.4, 0.5) is 14.5 Å². The van der Waals surface area contributed by atoms with Crippen LogP contribution in [0.3, 0.4) is 0 Å². The predicted octanol–water partition coefficient (Wildman–Crippen LogP) is 1.18. The molecular formula is C13H16F2N2O3. The Kier molecular flexibility index (Phi) is 6.05. The minimum absolute atomic E-state index is 0.138. The summed E-state index contributed by atoms with van der Waals surface area (Å²) in [5.74, 6) is -3.67. The van der Waals surface area contributed by atoms with E-state index >= 15 is 0 Å². The van der Waals surface area contributed by atoms with Crippen LogP contribution in [0.2, 0.25) is 0 Å². The quantitative estimate of drug-likeness (QED) is 0.711. The maximum absolute atomic E-state index is 12.9. The molecule has 0 aromatic heterocycles. The van der Waals surface area contributed by atoms with Gasteiger partial charge in [-0.1, -0.05) is 6.92 Å². The number of carbonyl (C=O) groups excluding carboxylic acids is 2. The van der Waals surface area contributed by atoms with Gasteiger partial charge in [0, 0.05) is 18.3 Å². The molecule has 0 fully saturated rings. The number of nitrogens with one attached hydrogen (secondary N) is 2. The molecule has 0 saturated carbocycles. The van der Waals surface area contributed by atoms with Gasteiger partial charge in [0.1, 0.15) is 11.6 Å². The minimum Gasteiger partial charge on any atom is -0.393 e. The Morgan fingerprint density at radius 1 is 1.20 bits per heavy atom. The summed E-state index contributed by atoms with van der Waals surface area (Å²) in [6, 6.07) is 2.45. The van der Waals surface area contributed by atoms with Crippen molar-refractivity contribution < 1.29 is 23.5 Å². The fourth-order valence-electron chi connectivity index (χ4n) is 1.45. The molecule has 0 saturated heterocycles. The first-order valence-electron chi connectivity index (χ1n) is 6.15. The molecule has 0 heterocycles. The molecule has 1 atom stereocenters. The van der Waals surface area contributed by atoms with E-state index in [9.17, 15) is 23.5 Å². The third kappa shape index (κ3) is 5.31. The number of halogens is 2. The van der Waals surface area contributed by atoms with Gasteiger partial charge in [0.15, 0.2) is 0 Å². The smallest absolute Gasteiger partial charge is 0.313 e. The van der Waals surface area contributed by atoms with Gasteiger partial charge in [-0.3, -0.25) is 9.59 Å². The zero-order chi connectivity index (χ0) is 15.1. The second kappa shape index (κ2) is 7.54. The molecule has 20 heavy (non-hydrogen) atoms. The average molecular weight is 286 g/mol. The summed E-state index contributed by atoms with van der Waals surface area (Å²) in [6.07, 6.45) is 0.324. The molecule has 110 valence electrons. The number of hydrogen-bond acceptors (Lipinski definition) is 3. The monoisotopic (exact) mass is 286 g/mol. The van der Waals surface area contributed by atoms with Gasteiger partial charge in [-0.25, -0.2) is 8.78 Å². The van der Waals surface area contributed by atoms with Gasteiger partial charge in [0.25, 0.3) is 0 Å². The van der Waals surface area contributed by atoms with Crippen LogP contribution in [0, 0.1) is 11.6 Å². The van der Waals surface area contributed by atoms with Gasteiger partial charge in [0.2, 0.25) is 0 Å². The molecule has 0 aliphatic carbocycles. The first-order chi connectivity index (χ1) is 9.42. The van der Waals surface area contributed by atoms with Crippen molar-refractivity contribution in [3.05, 3.63) is 29.8 Å². The van der Waals surface area contributed by atoms with Gasteiger partial charge in [-0.2, -0.15) is 0 Å². The molecular weight excluding hydrogens is 270 g/mol. The van der Waals surface area contributed by atoms with Crippen molar-refractivity contribution in [3.8, 4) is 0 Å². The molecule has 2 amide bonds. The van der Waals surface area contributed by atoms with Gasteiger partial charge in [-0.05, 0) is 25.0 Å². The number of aliphatic hydroxyl groups excluding tert-OH is 1. The molecule has 3 N–H and O–H groups in total. The van der Waals surface area contributed by atoms with E-state index in [2.05, 4.69) is 10.6 Å². The second-order valence-electron chi connectivity index (χ2n) is 4.22. The maximum Gasteiger partial charge on any atom is 0.313 e. The van der Waals surface area contributed by atoms with Gasteiger partial charge < -0.3 is 15.7 Å². The largest absolute Gasteiger partial charge is 0.393 e. The molecule has 1 rings (SSSR count). The summed E-state index contributed by atoms with van der Waals surface area (Å²) < 4.78 is 25.8. The minimum atomic E-state index is -1.03. The van der Waals surface area contributed by atoms with Crippen molar-refractivity contribution in [1.82, 2.24) is 5.32 Å². The van der Waals surface area contributed by atoms with Crippen molar-refractivity contribution in [2.24, 2.45) is 0 Å². The van der Waals surface area contributed by atoms with Gasteiger partial charge in [-0.15, -0.1) is 0 Å². The average Bonchev–Trinajstić information content (AvgIpc) is 2.36. The van der Waals surface area contributed by atoms with Crippen LogP contribution in [-0.2, 0) is 9.59 Å². The summed E-state index contributed by atoms with van der Waals surface area (Å²) in [6.45, 7) is 1.93. The summed E-state index contributed by atoms with van der Waals surface area (Å²) in [5.41, 5.74) is -0.142. The molecule has 0 aliphatic heterocycles. The van der Waals surface area contributed by atoms with Crippen LogP contribution < -0.4 is 10.6 Å². The molecule has 1 aromatic carbocycles. The standard InChI is InChI=1S/C13H16F2N2O3/c1-2-11(18)3-4-16-12(19)13(20)17-10-6-8(14)5-9(15)7-10/h5-7,11,18H,2-4H2,1H3,(H,16,19)(H,17,20). The Morgan fingerprint density at radius 2 is 1.80 bits per heavy atom. The van der Waals surface area contributed by atoms with E-state index in [4.69, 9.17) is 0 Å². The molecule has 0 radical (unpaired) electrons. The van der Waals surface area contributed by atoms with Crippen LogP contribution in [-0.4, -0.2) is 29.6 Å². The first-order valence-corrected chi connectivity index (χ1v) is 6.15. The number of hydrogen-bond donors (Lipinski definition) is 3. The number of carbonyl (C=O) groups is 2. The lowest BCUT2D eigenvalue weighted by Crippen LogP contribution is -2.36. The van der Waals surface area contributed by atoms with E-state index in [1.807, 2.05) is 0 Å². The molecule has 1 aromatic rings. The van der Waals surface area contributed by atoms with Crippen molar-refractivity contribution in [3.63, 3.8) is 0 Å². The van der Waals surface area contributed by atoms with E-state index in [1.54, 1.807) is 6.92 Å². The summed E-state index contributed by atoms with van der Waals surface area (Å²) in [5, 5.41) is 13.7. The van der Waals surface area contributed by atoms with Crippen LogP contribution in [0.15, 0.2) is 18.2 Å². The van der Waals surface area contributed by atoms with Crippen LogP contribution in [0.1, 0.15) is 19.8 Å². The van der Waals surface area contributed by atoms with Crippen molar-refractivity contribution in [2.45, 2.75) is 25.9 Å². The lowest BCUT2D eigenvalue weighted by atomic mass is 10.2. The molecule has 5 nitrogen and oxygen atoms in total. The number of aliphatic hydroxyl groups is 1. The van der Waals surface area contributed by atoms with Crippen LogP contribution in [0.5, 0.6) is 0 Å². The van der Waals surface area contributed by atoms with Gasteiger partial charge in [0.05, 0.1) is 6.10 Å². The maximum atomic E-state index is 12.9. The predicted molar refractivity (Wildman–Crippen MR) is 68.9 cm³/mol. The van der Waals surface area contributed by atoms with E-state index < -0.39 is 29.6 Å². The van der Waals surface area contributed by atoms with E-state index in [0.717, 1.165) is 12.1 Å². The highest BCUT2D eigenvalue weighted by Gasteiger charge is 2.14. The fraction of sp³-hybridized carbons (Fsp3) is 0.385. The highest BCUT2D eigenvalue weighted by Crippen LogP contribution is 2.12. The Balaban J connectivity index is 2.47. The third-order valence-corrected chi connectivity index (χ3v) is 2.56. The van der Waals surface area contributed by atoms with E-state index in [0.29, 0.717) is 18.9 Å². The number of benzene rings is 1. The molecule has 1 unspecified atom stereocenters. The Hall–Kier alpha value is -2.02.